The number of halogens is 1. The van der Waals surface area contributed by atoms with E-state index in [-0.39, 0.29) is 131 Å². The number of ketones is 3. The van der Waals surface area contributed by atoms with Crippen LogP contribution < -0.4 is 16.4 Å². The third-order valence-electron chi connectivity index (χ3n) is 12.7. The summed E-state index contributed by atoms with van der Waals surface area (Å²) in [7, 11) is 5.12. The monoisotopic (exact) mass is 1090 g/mol. The minimum Gasteiger partial charge on any atom is -0.468 e. The van der Waals surface area contributed by atoms with Gasteiger partial charge >= 0.3 is 5.97 Å². The number of fused-ring (bicyclic) bond motifs is 2. The molecule has 6 rings (SSSR count). The average Bonchev–Trinajstić information content (AvgIpc) is 3.73. The van der Waals surface area contributed by atoms with Gasteiger partial charge < -0.3 is 49.9 Å². The van der Waals surface area contributed by atoms with E-state index in [2.05, 4.69) is 58.3 Å². The molecule has 1 aliphatic carbocycles. The summed E-state index contributed by atoms with van der Waals surface area (Å²) in [5.41, 5.74) is 8.54. The van der Waals surface area contributed by atoms with Gasteiger partial charge in [0.15, 0.2) is 11.6 Å². The smallest absolute Gasteiger partial charge is 0.322 e. The molecule has 1 saturated heterocycles. The highest BCUT2D eigenvalue weighted by Crippen LogP contribution is 2.59. The van der Waals surface area contributed by atoms with Crippen molar-refractivity contribution in [3.05, 3.63) is 64.4 Å². The molecule has 0 radical (unpaired) electrons. The van der Waals surface area contributed by atoms with Gasteiger partial charge in [0, 0.05) is 87.3 Å². The predicted molar refractivity (Wildman–Crippen MR) is 274 cm³/mol. The molecule has 4 N–H and O–H groups in total. The van der Waals surface area contributed by atoms with Gasteiger partial charge in [0.1, 0.15) is 59.6 Å². The number of nitrogens with one attached hydrogen (secondary N) is 2. The Morgan fingerprint density at radius 3 is 2.31 bits per heavy atom. The quantitative estimate of drug-likeness (QED) is 0.0274. The lowest BCUT2D eigenvalue weighted by atomic mass is 10.0. The second-order valence-corrected chi connectivity index (χ2v) is 19.8. The summed E-state index contributed by atoms with van der Waals surface area (Å²) in [6.07, 6.45) is 6.39. The van der Waals surface area contributed by atoms with Crippen LogP contribution in [0.15, 0.2) is 47.3 Å². The largest absolute Gasteiger partial charge is 0.468 e. The lowest BCUT2D eigenvalue weighted by Crippen LogP contribution is -2.47. The number of ether oxygens (including phenoxy) is 5. The van der Waals surface area contributed by atoms with Crippen molar-refractivity contribution < 1.29 is 57.2 Å². The van der Waals surface area contributed by atoms with E-state index in [1.54, 1.807) is 23.4 Å². The molecule has 3 aromatic heterocycles. The zero-order valence-corrected chi connectivity index (χ0v) is 44.3. The number of aryl methyl sites for hydroxylation is 1. The first-order valence-corrected chi connectivity index (χ1v) is 25.4. The van der Waals surface area contributed by atoms with Gasteiger partial charge in [-0.1, -0.05) is 19.1 Å². The SMILES string of the molecule is COC(=O)[C@@H](N)CCC(=O)CCCOCCOCC(=O)NCCOCCOCC(=O)CCc1ncc(-c2ccc3c(c2)c(C(C)=O)nn3CC(=O)N2[C@H](C(=O)Nc3nc(Br)ccc3CN(C)C)C[C@@]3(C)C[C@@H]23)cn1. The third kappa shape index (κ3) is 16.5. The first-order valence-electron chi connectivity index (χ1n) is 24.7. The van der Waals surface area contributed by atoms with Crippen LogP contribution in [0.2, 0.25) is 0 Å². The number of nitrogens with two attached hydrogens (primary N) is 1. The number of esters is 1. The van der Waals surface area contributed by atoms with E-state index in [0.29, 0.717) is 71.5 Å². The number of amides is 3. The fourth-order valence-corrected chi connectivity index (χ4v) is 9.00. The number of carbonyl (C=O) groups is 7. The maximum Gasteiger partial charge on any atom is 0.322 e. The maximum atomic E-state index is 14.2. The Bertz CT molecular complexity index is 2630. The number of aromatic nitrogens is 5. The van der Waals surface area contributed by atoms with Gasteiger partial charge in [-0.05, 0) is 84.9 Å². The Hall–Kier alpha value is -5.95. The molecule has 3 amide bonds. The van der Waals surface area contributed by atoms with E-state index in [4.69, 9.17) is 24.7 Å². The summed E-state index contributed by atoms with van der Waals surface area (Å²) in [6.45, 7) is 5.47. The van der Waals surface area contributed by atoms with Crippen LogP contribution in [0, 0.1) is 5.41 Å². The average molecular weight is 1090 g/mol. The Morgan fingerprint density at radius 2 is 1.59 bits per heavy atom. The minimum absolute atomic E-state index is 0.00796. The lowest BCUT2D eigenvalue weighted by molar-refractivity contribution is -0.142. The molecule has 400 valence electrons. The summed E-state index contributed by atoms with van der Waals surface area (Å²) in [5.74, 6) is -0.897. The molecule has 0 unspecified atom stereocenters. The molecule has 4 aromatic rings. The number of carbonyl (C=O) groups excluding carboxylic acids is 7. The number of hydrogen-bond donors (Lipinski definition) is 3. The molecule has 4 heterocycles. The third-order valence-corrected chi connectivity index (χ3v) is 13.2. The molecule has 2 aliphatic rings. The molecular weight excluding hydrogens is 1020 g/mol. The number of nitrogens with zero attached hydrogens (tertiary/aromatic N) is 7. The van der Waals surface area contributed by atoms with E-state index < -0.39 is 18.1 Å². The topological polar surface area (TPSA) is 279 Å². The Morgan fingerprint density at radius 1 is 0.878 bits per heavy atom. The van der Waals surface area contributed by atoms with Gasteiger partial charge in [-0.2, -0.15) is 5.10 Å². The van der Waals surface area contributed by atoms with Crippen LogP contribution in [0.25, 0.3) is 22.0 Å². The molecule has 0 bridgehead atoms. The zero-order valence-electron chi connectivity index (χ0n) is 42.7. The van der Waals surface area contributed by atoms with Crippen molar-refractivity contribution in [1.82, 2.24) is 39.8 Å². The molecule has 4 atom stereocenters. The van der Waals surface area contributed by atoms with Crippen molar-refractivity contribution >= 4 is 73.7 Å². The molecule has 74 heavy (non-hydrogen) atoms. The highest BCUT2D eigenvalue weighted by molar-refractivity contribution is 9.10. The van der Waals surface area contributed by atoms with E-state index in [1.807, 2.05) is 43.3 Å². The molecular formula is C51H67BrN10O12. The standard InChI is InChI=1S/C51H67BrN10O12/c1-32(63)47-38-23-33(8-13-40(38)61(59-47)29-46(67)62-41(24-51(2)25-42(51)62)49(68)58-48-34(28-60(3)4)9-14-43(52)57-48)35-26-55-44(56-27-35)15-11-37(65)30-73-21-20-72-18-16-54-45(66)31-74-22-19-71-17-6-7-36(64)10-12-39(53)50(69)70-5/h8-9,13-14,23,26-27,39,41-42H,6-7,10-12,15-22,24-25,28-31,53H2,1-5H3,(H,54,66)(H,57,58,68)/t39-,41-,42+,51-/m0/s1. The summed E-state index contributed by atoms with van der Waals surface area (Å²) in [5, 5.41) is 10.8. The molecule has 1 aliphatic heterocycles. The molecule has 22 nitrogen and oxygen atoms in total. The number of rotatable bonds is 32. The number of pyridine rings is 1. The van der Waals surface area contributed by atoms with Crippen molar-refractivity contribution in [2.75, 3.05) is 85.9 Å². The van der Waals surface area contributed by atoms with Crippen molar-refractivity contribution in [3.8, 4) is 11.1 Å². The first-order chi connectivity index (χ1) is 35.5. The van der Waals surface area contributed by atoms with Crippen LogP contribution in [0.5, 0.6) is 0 Å². The van der Waals surface area contributed by atoms with Gasteiger partial charge in [-0.3, -0.25) is 38.2 Å². The van der Waals surface area contributed by atoms with Crippen molar-refractivity contribution in [1.29, 1.82) is 0 Å². The van der Waals surface area contributed by atoms with Crippen LogP contribution >= 0.6 is 15.9 Å². The van der Waals surface area contributed by atoms with E-state index >= 15 is 0 Å². The van der Waals surface area contributed by atoms with Crippen LogP contribution in [-0.4, -0.2) is 174 Å². The van der Waals surface area contributed by atoms with Gasteiger partial charge in [-0.15, -0.1) is 0 Å². The number of Topliss-reactive ketones (excluding diaryl/α,β-unsaturated/α-hetero) is 3. The number of methoxy groups -OCH3 is 1. The summed E-state index contributed by atoms with van der Waals surface area (Å²) in [6, 6.07) is 7.63. The molecule has 2 fully saturated rings. The highest BCUT2D eigenvalue weighted by Gasteiger charge is 2.64. The zero-order chi connectivity index (χ0) is 53.4. The van der Waals surface area contributed by atoms with Gasteiger partial charge in [-0.25, -0.2) is 15.0 Å². The van der Waals surface area contributed by atoms with E-state index in [0.717, 1.165) is 17.5 Å². The molecule has 1 aromatic carbocycles. The first kappa shape index (κ1) is 57.3. The van der Waals surface area contributed by atoms with Crippen molar-refractivity contribution in [2.24, 2.45) is 11.1 Å². The normalized spacial score (nSPS) is 17.3. The van der Waals surface area contributed by atoms with Crippen LogP contribution in [-0.2, 0) is 72.0 Å². The van der Waals surface area contributed by atoms with Gasteiger partial charge in [0.25, 0.3) is 0 Å². The summed E-state index contributed by atoms with van der Waals surface area (Å²) < 4.78 is 28.3. The number of likely N-dealkylation sites (tertiary alicyclic amines) is 1. The minimum atomic E-state index is -0.806. The van der Waals surface area contributed by atoms with Crippen LogP contribution in [0.3, 0.4) is 0 Å². The molecule has 0 spiro atoms. The van der Waals surface area contributed by atoms with Gasteiger partial charge in [0.05, 0.1) is 45.7 Å². The number of hydrogen-bond acceptors (Lipinski definition) is 18. The molecule has 23 heteroatoms. The maximum absolute atomic E-state index is 14.2. The number of piperidine rings is 1. The van der Waals surface area contributed by atoms with Crippen molar-refractivity contribution in [3.63, 3.8) is 0 Å². The van der Waals surface area contributed by atoms with E-state index in [9.17, 15) is 33.6 Å². The van der Waals surface area contributed by atoms with Crippen LogP contribution in [0.4, 0.5) is 5.82 Å². The van der Waals surface area contributed by atoms with E-state index in [1.165, 1.54) is 18.7 Å². The van der Waals surface area contributed by atoms with Gasteiger partial charge in [0.2, 0.25) is 17.7 Å². The number of benzene rings is 1. The Kier molecular flexibility index (Phi) is 21.3. The summed E-state index contributed by atoms with van der Waals surface area (Å²) in [4.78, 5) is 106. The summed E-state index contributed by atoms with van der Waals surface area (Å²) >= 11 is 3.41. The second kappa shape index (κ2) is 27.5. The van der Waals surface area contributed by atoms with Crippen molar-refractivity contribution in [2.45, 2.75) is 96.4 Å². The molecule has 1 saturated carbocycles. The fraction of sp³-hybridized carbons (Fsp3) is 0.549. The highest BCUT2D eigenvalue weighted by atomic mass is 79.9. The Labute approximate surface area is 438 Å². The lowest BCUT2D eigenvalue weighted by Gasteiger charge is -2.27. The fourth-order valence-electron chi connectivity index (χ4n) is 8.69. The second-order valence-electron chi connectivity index (χ2n) is 19.0. The van der Waals surface area contributed by atoms with Crippen LogP contribution in [0.1, 0.15) is 80.7 Å². The predicted octanol–water partition coefficient (Wildman–Crippen LogP) is 3.25. The number of anilines is 1. The Balaban J connectivity index is 0.864.